The first-order valence-corrected chi connectivity index (χ1v) is 5.97. The highest BCUT2D eigenvalue weighted by atomic mass is 16.5. The molecule has 0 spiro atoms. The molecule has 1 aromatic carbocycles. The molecule has 98 valence electrons. The number of aliphatic hydroxyl groups is 1. The van der Waals surface area contributed by atoms with Crippen molar-refractivity contribution in [2.75, 3.05) is 25.6 Å². The van der Waals surface area contributed by atoms with E-state index in [0.29, 0.717) is 12.3 Å². The highest BCUT2D eigenvalue weighted by molar-refractivity contribution is 5.60. The van der Waals surface area contributed by atoms with E-state index in [-0.39, 0.29) is 5.92 Å². The van der Waals surface area contributed by atoms with Crippen molar-refractivity contribution in [1.82, 2.24) is 0 Å². The van der Waals surface area contributed by atoms with Crippen molar-refractivity contribution in [1.29, 1.82) is 5.26 Å². The van der Waals surface area contributed by atoms with Crippen LogP contribution in [-0.4, -0.2) is 25.8 Å². The van der Waals surface area contributed by atoms with Gasteiger partial charge in [0.05, 0.1) is 25.2 Å². The summed E-state index contributed by atoms with van der Waals surface area (Å²) in [5.74, 6) is 0.599. The van der Waals surface area contributed by atoms with E-state index >= 15 is 0 Å². The first kappa shape index (κ1) is 14.3. The Morgan fingerprint density at radius 2 is 2.11 bits per heavy atom. The molecule has 0 heterocycles. The van der Waals surface area contributed by atoms with Gasteiger partial charge in [0.1, 0.15) is 5.75 Å². The summed E-state index contributed by atoms with van der Waals surface area (Å²) in [6.07, 6.45) is -0.615. The van der Waals surface area contributed by atoms with Crippen molar-refractivity contribution in [3.63, 3.8) is 0 Å². The fourth-order valence-corrected chi connectivity index (χ4v) is 2.01. The first-order valence-electron chi connectivity index (χ1n) is 5.97. The molecule has 1 N–H and O–H groups in total. The van der Waals surface area contributed by atoms with Crippen LogP contribution in [0.25, 0.3) is 0 Å². The Morgan fingerprint density at radius 1 is 1.44 bits per heavy atom. The zero-order valence-corrected chi connectivity index (χ0v) is 11.3. The number of nitriles is 1. The van der Waals surface area contributed by atoms with Crippen molar-refractivity contribution >= 4 is 5.69 Å². The molecule has 18 heavy (non-hydrogen) atoms. The topological polar surface area (TPSA) is 56.5 Å². The molecule has 0 aliphatic heterocycles. The molecule has 0 saturated carbocycles. The van der Waals surface area contributed by atoms with E-state index < -0.39 is 6.10 Å². The summed E-state index contributed by atoms with van der Waals surface area (Å²) in [4.78, 5) is 1.97. The normalized spacial score (nSPS) is 13.6. The first-order chi connectivity index (χ1) is 8.51. The average Bonchev–Trinajstić information content (AvgIpc) is 2.37. The standard InChI is InChI=1S/C14H20N2O2/c1-10(8-15)9-16(3)12-6-5-7-13(18-4)14(12)11(2)17/h5-7,10-11,17H,9H2,1-4H3/t10?,11-/m1/s1. The molecule has 1 rings (SSSR count). The molecule has 1 unspecified atom stereocenters. The van der Waals surface area contributed by atoms with Crippen LogP contribution >= 0.6 is 0 Å². The van der Waals surface area contributed by atoms with E-state index in [0.717, 1.165) is 11.3 Å². The molecule has 0 aromatic heterocycles. The van der Waals surface area contributed by atoms with Gasteiger partial charge in [0.15, 0.2) is 0 Å². The fraction of sp³-hybridized carbons (Fsp3) is 0.500. The van der Waals surface area contributed by atoms with E-state index in [9.17, 15) is 5.11 Å². The Kier molecular flexibility index (Phi) is 4.99. The molecule has 0 fully saturated rings. The van der Waals surface area contributed by atoms with Crippen LogP contribution in [0.5, 0.6) is 5.75 Å². The molecule has 2 atom stereocenters. The predicted molar refractivity (Wildman–Crippen MR) is 71.7 cm³/mol. The summed E-state index contributed by atoms with van der Waals surface area (Å²) in [7, 11) is 3.50. The van der Waals surface area contributed by atoms with Gasteiger partial charge in [-0.25, -0.2) is 0 Å². The minimum absolute atomic E-state index is 0.0666. The van der Waals surface area contributed by atoms with Crippen LogP contribution in [0.1, 0.15) is 25.5 Å². The number of rotatable bonds is 5. The largest absolute Gasteiger partial charge is 0.496 e. The van der Waals surface area contributed by atoms with Gasteiger partial charge >= 0.3 is 0 Å². The van der Waals surface area contributed by atoms with Crippen molar-refractivity contribution in [2.45, 2.75) is 20.0 Å². The van der Waals surface area contributed by atoms with Crippen molar-refractivity contribution in [3.8, 4) is 11.8 Å². The highest BCUT2D eigenvalue weighted by Crippen LogP contribution is 2.34. The minimum Gasteiger partial charge on any atom is -0.496 e. The van der Waals surface area contributed by atoms with E-state index in [4.69, 9.17) is 10.00 Å². The molecule has 0 radical (unpaired) electrons. The third-order valence-corrected chi connectivity index (χ3v) is 2.86. The molecule has 0 bridgehead atoms. The van der Waals surface area contributed by atoms with Gasteiger partial charge in [0.2, 0.25) is 0 Å². The second kappa shape index (κ2) is 6.27. The number of benzene rings is 1. The van der Waals surface area contributed by atoms with Crippen LogP contribution in [0.2, 0.25) is 0 Å². The lowest BCUT2D eigenvalue weighted by Gasteiger charge is -2.25. The van der Waals surface area contributed by atoms with Gasteiger partial charge in [-0.1, -0.05) is 6.07 Å². The lowest BCUT2D eigenvalue weighted by molar-refractivity contribution is 0.194. The zero-order chi connectivity index (χ0) is 13.7. The molecule has 0 aliphatic rings. The summed E-state index contributed by atoms with van der Waals surface area (Å²) < 4.78 is 5.28. The van der Waals surface area contributed by atoms with Crippen molar-refractivity contribution < 1.29 is 9.84 Å². The summed E-state index contributed by atoms with van der Waals surface area (Å²) in [5, 5.41) is 18.7. The third-order valence-electron chi connectivity index (χ3n) is 2.86. The molecule has 4 nitrogen and oxygen atoms in total. The number of ether oxygens (including phenoxy) is 1. The van der Waals surface area contributed by atoms with E-state index in [1.165, 1.54) is 0 Å². The van der Waals surface area contributed by atoms with Crippen LogP contribution in [0.4, 0.5) is 5.69 Å². The Labute approximate surface area is 108 Å². The lowest BCUT2D eigenvalue weighted by Crippen LogP contribution is -2.24. The minimum atomic E-state index is -0.615. The maximum Gasteiger partial charge on any atom is 0.126 e. The average molecular weight is 248 g/mol. The predicted octanol–water partition coefficient (Wildman–Crippen LogP) is 2.34. The smallest absolute Gasteiger partial charge is 0.126 e. The van der Waals surface area contributed by atoms with Gasteiger partial charge in [-0.15, -0.1) is 0 Å². The van der Waals surface area contributed by atoms with Crippen LogP contribution in [0.3, 0.4) is 0 Å². The molecule has 4 heteroatoms. The van der Waals surface area contributed by atoms with Crippen LogP contribution < -0.4 is 9.64 Å². The number of methoxy groups -OCH3 is 1. The van der Waals surface area contributed by atoms with Gasteiger partial charge in [-0.3, -0.25) is 0 Å². The Hall–Kier alpha value is -1.73. The van der Waals surface area contributed by atoms with E-state index in [2.05, 4.69) is 6.07 Å². The molecule has 1 aromatic rings. The molecular weight excluding hydrogens is 228 g/mol. The Balaban J connectivity index is 3.12. The SMILES string of the molecule is COc1cccc(N(C)CC(C)C#N)c1[C@@H](C)O. The Morgan fingerprint density at radius 3 is 2.61 bits per heavy atom. The van der Waals surface area contributed by atoms with Gasteiger partial charge in [0.25, 0.3) is 0 Å². The lowest BCUT2D eigenvalue weighted by atomic mass is 10.0. The van der Waals surface area contributed by atoms with E-state index in [1.807, 2.05) is 37.1 Å². The van der Waals surface area contributed by atoms with Gasteiger partial charge in [0, 0.05) is 24.8 Å². The van der Waals surface area contributed by atoms with Crippen LogP contribution in [0.15, 0.2) is 18.2 Å². The molecule has 0 aliphatic carbocycles. The summed E-state index contributed by atoms with van der Waals surface area (Å²) in [6.45, 7) is 4.20. The molecular formula is C14H20N2O2. The van der Waals surface area contributed by atoms with Crippen LogP contribution in [-0.2, 0) is 0 Å². The summed E-state index contributed by atoms with van der Waals surface area (Å²) in [6, 6.07) is 7.84. The monoisotopic (exact) mass is 248 g/mol. The molecule has 0 saturated heterocycles. The summed E-state index contributed by atoms with van der Waals surface area (Å²) in [5.41, 5.74) is 1.65. The second-order valence-electron chi connectivity index (χ2n) is 4.48. The van der Waals surface area contributed by atoms with Crippen molar-refractivity contribution in [3.05, 3.63) is 23.8 Å². The zero-order valence-electron chi connectivity index (χ0n) is 11.3. The van der Waals surface area contributed by atoms with Crippen molar-refractivity contribution in [2.24, 2.45) is 5.92 Å². The maximum atomic E-state index is 9.89. The highest BCUT2D eigenvalue weighted by Gasteiger charge is 2.17. The summed E-state index contributed by atoms with van der Waals surface area (Å²) >= 11 is 0. The van der Waals surface area contributed by atoms with E-state index in [1.54, 1.807) is 14.0 Å². The van der Waals surface area contributed by atoms with Crippen LogP contribution in [0, 0.1) is 17.2 Å². The number of anilines is 1. The number of aliphatic hydroxyl groups excluding tert-OH is 1. The number of hydrogen-bond acceptors (Lipinski definition) is 4. The van der Waals surface area contributed by atoms with Gasteiger partial charge in [-0.05, 0) is 26.0 Å². The maximum absolute atomic E-state index is 9.89. The Bertz CT molecular complexity index is 438. The second-order valence-corrected chi connectivity index (χ2v) is 4.48. The van der Waals surface area contributed by atoms with Gasteiger partial charge in [-0.2, -0.15) is 5.26 Å². The molecule has 0 amide bonds. The fourth-order valence-electron chi connectivity index (χ4n) is 2.01. The number of nitrogens with zero attached hydrogens (tertiary/aromatic N) is 2. The van der Waals surface area contributed by atoms with Gasteiger partial charge < -0.3 is 14.7 Å². The number of hydrogen-bond donors (Lipinski definition) is 1. The quantitative estimate of drug-likeness (QED) is 0.869. The third kappa shape index (κ3) is 3.14.